The minimum absolute atomic E-state index is 0.278. The number of furan rings is 1. The minimum atomic E-state index is -1.24. The summed E-state index contributed by atoms with van der Waals surface area (Å²) in [6, 6.07) is 6.30. The topological polar surface area (TPSA) is 83.3 Å². The molecule has 0 spiro atoms. The maximum atomic E-state index is 11.3. The average molecular weight is 231 g/mol. The standard InChI is InChI=1S/C12H9NO4/c14-11-10(12(15)16)6-4-8(13-11)3-5-9-2-1-7-17-9/h1-7H,(H,13,14)(H,15,16)/b5-3+. The SMILES string of the molecule is O=C(O)c1ccc(/C=C/c2ccco2)[nH]c1=O. The van der Waals surface area contributed by atoms with Gasteiger partial charge in [-0.05, 0) is 36.4 Å². The van der Waals surface area contributed by atoms with Gasteiger partial charge in [0, 0.05) is 5.69 Å². The average Bonchev–Trinajstić information content (AvgIpc) is 2.78. The van der Waals surface area contributed by atoms with Crippen molar-refractivity contribution < 1.29 is 14.3 Å². The predicted molar refractivity (Wildman–Crippen MR) is 61.7 cm³/mol. The van der Waals surface area contributed by atoms with Gasteiger partial charge in [-0.15, -0.1) is 0 Å². The molecule has 0 saturated heterocycles. The lowest BCUT2D eigenvalue weighted by atomic mass is 10.2. The van der Waals surface area contributed by atoms with Crippen molar-refractivity contribution in [1.29, 1.82) is 0 Å². The van der Waals surface area contributed by atoms with Crippen molar-refractivity contribution in [3.05, 3.63) is 57.9 Å². The van der Waals surface area contributed by atoms with E-state index >= 15 is 0 Å². The van der Waals surface area contributed by atoms with Crippen LogP contribution >= 0.6 is 0 Å². The second kappa shape index (κ2) is 4.52. The molecule has 0 aliphatic rings. The van der Waals surface area contributed by atoms with Gasteiger partial charge < -0.3 is 14.5 Å². The van der Waals surface area contributed by atoms with Crippen molar-refractivity contribution in [2.45, 2.75) is 0 Å². The lowest BCUT2D eigenvalue weighted by Crippen LogP contribution is -2.17. The van der Waals surface area contributed by atoms with Crippen LogP contribution in [0.4, 0.5) is 0 Å². The van der Waals surface area contributed by atoms with Gasteiger partial charge in [0.2, 0.25) is 0 Å². The number of hydrogen-bond donors (Lipinski definition) is 2. The molecular formula is C12H9NO4. The largest absolute Gasteiger partial charge is 0.477 e. The van der Waals surface area contributed by atoms with Gasteiger partial charge in [-0.25, -0.2) is 4.79 Å². The number of carbonyl (C=O) groups is 1. The highest BCUT2D eigenvalue weighted by Gasteiger charge is 2.07. The zero-order valence-corrected chi connectivity index (χ0v) is 8.71. The van der Waals surface area contributed by atoms with Crippen molar-refractivity contribution in [3.63, 3.8) is 0 Å². The molecule has 0 fully saturated rings. The number of aromatic nitrogens is 1. The van der Waals surface area contributed by atoms with Gasteiger partial charge in [0.05, 0.1) is 6.26 Å². The summed E-state index contributed by atoms with van der Waals surface area (Å²) >= 11 is 0. The van der Waals surface area contributed by atoms with Crippen LogP contribution in [-0.4, -0.2) is 16.1 Å². The van der Waals surface area contributed by atoms with Crippen LogP contribution in [0, 0.1) is 0 Å². The van der Waals surface area contributed by atoms with Gasteiger partial charge in [0.25, 0.3) is 5.56 Å². The minimum Gasteiger partial charge on any atom is -0.477 e. The van der Waals surface area contributed by atoms with Crippen LogP contribution < -0.4 is 5.56 Å². The number of aromatic carboxylic acids is 1. The first-order valence-electron chi connectivity index (χ1n) is 4.85. The Hall–Kier alpha value is -2.56. The summed E-state index contributed by atoms with van der Waals surface area (Å²) in [5.41, 5.74) is -0.393. The van der Waals surface area contributed by atoms with E-state index in [1.165, 1.54) is 18.4 Å². The number of H-pyrrole nitrogens is 1. The molecule has 0 amide bonds. The quantitative estimate of drug-likeness (QED) is 0.844. The number of carboxylic acid groups (broad SMARTS) is 1. The van der Waals surface area contributed by atoms with E-state index in [4.69, 9.17) is 9.52 Å². The van der Waals surface area contributed by atoms with Gasteiger partial charge >= 0.3 is 5.97 Å². The lowest BCUT2D eigenvalue weighted by molar-refractivity contribution is 0.0695. The van der Waals surface area contributed by atoms with Crippen molar-refractivity contribution in [1.82, 2.24) is 4.98 Å². The molecule has 5 heteroatoms. The highest BCUT2D eigenvalue weighted by molar-refractivity contribution is 5.87. The van der Waals surface area contributed by atoms with Crippen LogP contribution in [0.2, 0.25) is 0 Å². The lowest BCUT2D eigenvalue weighted by Gasteiger charge is -1.95. The van der Waals surface area contributed by atoms with Crippen molar-refractivity contribution in [2.24, 2.45) is 0 Å². The van der Waals surface area contributed by atoms with Gasteiger partial charge in [-0.2, -0.15) is 0 Å². The summed E-state index contributed by atoms with van der Waals surface area (Å²) < 4.78 is 5.07. The van der Waals surface area contributed by atoms with E-state index in [1.807, 2.05) is 0 Å². The normalized spacial score (nSPS) is 10.8. The summed E-state index contributed by atoms with van der Waals surface area (Å²) in [6.45, 7) is 0. The van der Waals surface area contributed by atoms with Gasteiger partial charge in [-0.3, -0.25) is 4.79 Å². The first-order valence-corrected chi connectivity index (χ1v) is 4.85. The van der Waals surface area contributed by atoms with Crippen LogP contribution in [0.1, 0.15) is 21.8 Å². The Morgan fingerprint density at radius 3 is 2.71 bits per heavy atom. The third-order valence-corrected chi connectivity index (χ3v) is 2.13. The van der Waals surface area contributed by atoms with Gasteiger partial charge in [0.1, 0.15) is 11.3 Å². The predicted octanol–water partition coefficient (Wildman–Crippen LogP) is 1.84. The fraction of sp³-hybridized carbons (Fsp3) is 0. The summed E-state index contributed by atoms with van der Waals surface area (Å²) in [5.74, 6) is -0.596. The molecule has 0 bridgehead atoms. The first kappa shape index (κ1) is 10.9. The molecule has 0 aliphatic heterocycles. The maximum absolute atomic E-state index is 11.3. The zero-order valence-electron chi connectivity index (χ0n) is 8.71. The first-order chi connectivity index (χ1) is 8.16. The number of carboxylic acids is 1. The molecule has 0 radical (unpaired) electrons. The Morgan fingerprint density at radius 2 is 2.12 bits per heavy atom. The Labute approximate surface area is 96.0 Å². The molecule has 2 N–H and O–H groups in total. The molecule has 0 aromatic carbocycles. The molecule has 0 aliphatic carbocycles. The fourth-order valence-electron chi connectivity index (χ4n) is 1.31. The molecule has 2 heterocycles. The highest BCUT2D eigenvalue weighted by Crippen LogP contribution is 2.06. The van der Waals surface area contributed by atoms with E-state index in [0.29, 0.717) is 11.5 Å². The second-order valence-electron chi connectivity index (χ2n) is 3.31. The molecule has 2 aromatic rings. The van der Waals surface area contributed by atoms with Crippen LogP contribution in [0.25, 0.3) is 12.2 Å². The summed E-state index contributed by atoms with van der Waals surface area (Å²) in [7, 11) is 0. The van der Waals surface area contributed by atoms with Crippen molar-refractivity contribution in [3.8, 4) is 0 Å². The van der Waals surface area contributed by atoms with E-state index < -0.39 is 11.5 Å². The Bertz CT molecular complexity index is 608. The maximum Gasteiger partial charge on any atom is 0.341 e. The summed E-state index contributed by atoms with van der Waals surface area (Å²) in [5, 5.41) is 8.68. The molecule has 17 heavy (non-hydrogen) atoms. The third kappa shape index (κ3) is 2.52. The number of pyridine rings is 1. The van der Waals surface area contributed by atoms with E-state index in [2.05, 4.69) is 4.98 Å². The molecule has 86 valence electrons. The molecule has 2 aromatic heterocycles. The Kier molecular flexibility index (Phi) is 2.91. The van der Waals surface area contributed by atoms with E-state index in [9.17, 15) is 9.59 Å². The van der Waals surface area contributed by atoms with Crippen molar-refractivity contribution >= 4 is 18.1 Å². The molecular weight excluding hydrogens is 222 g/mol. The number of rotatable bonds is 3. The fourth-order valence-corrected chi connectivity index (χ4v) is 1.31. The smallest absolute Gasteiger partial charge is 0.341 e. The Balaban J connectivity index is 2.27. The summed E-state index contributed by atoms with van der Waals surface area (Å²) in [6.07, 6.45) is 4.84. The second-order valence-corrected chi connectivity index (χ2v) is 3.31. The van der Waals surface area contributed by atoms with Crippen LogP contribution in [0.15, 0.2) is 39.7 Å². The van der Waals surface area contributed by atoms with E-state index in [1.54, 1.807) is 24.3 Å². The van der Waals surface area contributed by atoms with E-state index in [0.717, 1.165) is 0 Å². The molecule has 0 unspecified atom stereocenters. The number of nitrogens with one attached hydrogen (secondary N) is 1. The van der Waals surface area contributed by atoms with Crippen LogP contribution in [0.5, 0.6) is 0 Å². The zero-order chi connectivity index (χ0) is 12.3. The van der Waals surface area contributed by atoms with E-state index in [-0.39, 0.29) is 5.56 Å². The van der Waals surface area contributed by atoms with Gasteiger partial charge in [-0.1, -0.05) is 0 Å². The molecule has 2 rings (SSSR count). The third-order valence-electron chi connectivity index (χ3n) is 2.13. The Morgan fingerprint density at radius 1 is 1.29 bits per heavy atom. The highest BCUT2D eigenvalue weighted by atomic mass is 16.4. The van der Waals surface area contributed by atoms with Crippen molar-refractivity contribution in [2.75, 3.05) is 0 Å². The monoisotopic (exact) mass is 231 g/mol. The van der Waals surface area contributed by atoms with Crippen LogP contribution in [-0.2, 0) is 0 Å². The van der Waals surface area contributed by atoms with Crippen LogP contribution in [0.3, 0.4) is 0 Å². The number of aromatic amines is 1. The van der Waals surface area contributed by atoms with Gasteiger partial charge in [0.15, 0.2) is 0 Å². The summed E-state index contributed by atoms with van der Waals surface area (Å²) in [4.78, 5) is 24.4. The molecule has 0 atom stereocenters. The molecule has 5 nitrogen and oxygen atoms in total. The molecule has 0 saturated carbocycles. The number of hydrogen-bond acceptors (Lipinski definition) is 3.